The number of hydrazine groups is 1. The highest BCUT2D eigenvalue weighted by molar-refractivity contribution is 8.39. The molecule has 2 N–H and O–H groups in total. The number of nitrogens with zero attached hydrogens (tertiary/aromatic N) is 3. The van der Waals surface area contributed by atoms with E-state index in [9.17, 15) is 0 Å². The van der Waals surface area contributed by atoms with Crippen LogP contribution in [0.2, 0.25) is 0 Å². The first-order valence-electron chi connectivity index (χ1n) is 5.96. The van der Waals surface area contributed by atoms with Gasteiger partial charge in [-0.1, -0.05) is 49.7 Å². The van der Waals surface area contributed by atoms with Crippen LogP contribution in [0.3, 0.4) is 0 Å². The fraction of sp³-hybridized carbons (Fsp3) is 0.636. The van der Waals surface area contributed by atoms with E-state index < -0.39 is 0 Å². The van der Waals surface area contributed by atoms with Gasteiger partial charge in [0.05, 0.1) is 5.70 Å². The molecule has 2 aliphatic rings. The van der Waals surface area contributed by atoms with Gasteiger partial charge in [0.15, 0.2) is 0 Å². The molecular formula is C11H18N4S2. The van der Waals surface area contributed by atoms with Crippen LogP contribution in [0.25, 0.3) is 0 Å². The Balaban J connectivity index is 1.75. The first kappa shape index (κ1) is 13.0. The predicted octanol–water partition coefficient (Wildman–Crippen LogP) is 2.79. The molecule has 1 unspecified atom stereocenters. The lowest BCUT2D eigenvalue weighted by molar-refractivity contribution is 0.590. The van der Waals surface area contributed by atoms with E-state index in [0.717, 1.165) is 15.8 Å². The summed E-state index contributed by atoms with van der Waals surface area (Å²) < 4.78 is 1.13. The maximum atomic E-state index is 5.61. The van der Waals surface area contributed by atoms with Crippen LogP contribution in [0.1, 0.15) is 32.6 Å². The number of rotatable bonds is 5. The highest BCUT2D eigenvalue weighted by atomic mass is 32.2. The molecule has 2 rings (SSSR count). The molecule has 0 aromatic heterocycles. The monoisotopic (exact) mass is 270 g/mol. The van der Waals surface area contributed by atoms with Crippen molar-refractivity contribution >= 4 is 34.2 Å². The molecule has 4 nitrogen and oxygen atoms in total. The summed E-state index contributed by atoms with van der Waals surface area (Å²) in [7, 11) is 0. The molecule has 0 aromatic rings. The molecule has 0 radical (unpaired) electrons. The summed E-state index contributed by atoms with van der Waals surface area (Å²) in [5.74, 6) is 6.77. The first-order valence-corrected chi connectivity index (χ1v) is 7.82. The fourth-order valence-electron chi connectivity index (χ4n) is 1.62. The zero-order valence-corrected chi connectivity index (χ0v) is 11.6. The fourth-order valence-corrected chi connectivity index (χ4v) is 3.81. The number of nitrogens with two attached hydrogens (primary N) is 1. The highest BCUT2D eigenvalue weighted by Crippen LogP contribution is 2.37. The maximum absolute atomic E-state index is 5.61. The Hall–Kier alpha value is -0.460. The summed E-state index contributed by atoms with van der Waals surface area (Å²) in [6, 6.07) is 0. The highest BCUT2D eigenvalue weighted by Gasteiger charge is 2.26. The van der Waals surface area contributed by atoms with Crippen molar-refractivity contribution in [2.45, 2.75) is 38.0 Å². The van der Waals surface area contributed by atoms with Gasteiger partial charge in [0.25, 0.3) is 0 Å². The van der Waals surface area contributed by atoms with Gasteiger partial charge >= 0.3 is 0 Å². The Morgan fingerprint density at radius 3 is 3.18 bits per heavy atom. The van der Waals surface area contributed by atoms with Crippen LogP contribution in [-0.2, 0) is 0 Å². The maximum Gasteiger partial charge on any atom is 0.147 e. The van der Waals surface area contributed by atoms with Gasteiger partial charge in [-0.3, -0.25) is 10.0 Å². The summed E-state index contributed by atoms with van der Waals surface area (Å²) in [5.41, 5.74) is 0.969. The average Bonchev–Trinajstić information content (AvgIpc) is 2.70. The molecule has 2 heterocycles. The Kier molecular flexibility index (Phi) is 4.94. The van der Waals surface area contributed by atoms with Crippen molar-refractivity contribution < 1.29 is 0 Å². The Morgan fingerprint density at radius 2 is 2.35 bits per heavy atom. The second-order valence-corrected chi connectivity index (χ2v) is 6.43. The van der Waals surface area contributed by atoms with E-state index in [1.807, 2.05) is 18.0 Å². The number of thioether (sulfide) groups is 2. The Morgan fingerprint density at radius 1 is 1.47 bits per heavy atom. The van der Waals surface area contributed by atoms with Crippen LogP contribution < -0.4 is 5.84 Å². The van der Waals surface area contributed by atoms with E-state index in [0.29, 0.717) is 0 Å². The van der Waals surface area contributed by atoms with Crippen molar-refractivity contribution in [2.75, 3.05) is 5.75 Å². The third-order valence-corrected chi connectivity index (χ3v) is 4.88. The molecule has 0 aliphatic carbocycles. The molecule has 17 heavy (non-hydrogen) atoms. The lowest BCUT2D eigenvalue weighted by atomic mass is 10.2. The number of unbranched alkanes of at least 4 members (excludes halogenated alkanes) is 3. The molecule has 1 atom stereocenters. The second kappa shape index (κ2) is 6.47. The van der Waals surface area contributed by atoms with Crippen molar-refractivity contribution in [3.05, 3.63) is 11.9 Å². The van der Waals surface area contributed by atoms with Gasteiger partial charge in [-0.05, 0) is 6.42 Å². The van der Waals surface area contributed by atoms with Gasteiger partial charge in [0, 0.05) is 12.0 Å². The molecule has 0 fully saturated rings. The third-order valence-electron chi connectivity index (χ3n) is 2.53. The van der Waals surface area contributed by atoms with Crippen molar-refractivity contribution in [2.24, 2.45) is 15.8 Å². The van der Waals surface area contributed by atoms with Crippen LogP contribution in [0, 0.1) is 0 Å². The van der Waals surface area contributed by atoms with Crippen molar-refractivity contribution in [1.82, 2.24) is 5.01 Å². The molecule has 0 spiro atoms. The van der Waals surface area contributed by atoms with Gasteiger partial charge in [-0.25, -0.2) is 10.8 Å². The van der Waals surface area contributed by atoms with E-state index in [4.69, 9.17) is 5.84 Å². The van der Waals surface area contributed by atoms with Crippen LogP contribution in [0.4, 0.5) is 0 Å². The lowest BCUT2D eigenvalue weighted by Gasteiger charge is -2.14. The van der Waals surface area contributed by atoms with Crippen molar-refractivity contribution in [3.8, 4) is 0 Å². The van der Waals surface area contributed by atoms with Crippen LogP contribution in [-0.4, -0.2) is 26.8 Å². The number of aliphatic imine (C=N–C) groups is 2. The third kappa shape index (κ3) is 3.76. The minimum Gasteiger partial charge on any atom is -0.274 e. The van der Waals surface area contributed by atoms with Crippen LogP contribution >= 0.6 is 23.5 Å². The second-order valence-electron chi connectivity index (χ2n) is 4.02. The molecular weight excluding hydrogens is 252 g/mol. The van der Waals surface area contributed by atoms with E-state index >= 15 is 0 Å². The molecule has 94 valence electrons. The van der Waals surface area contributed by atoms with Gasteiger partial charge < -0.3 is 0 Å². The van der Waals surface area contributed by atoms with Crippen molar-refractivity contribution in [1.29, 1.82) is 0 Å². The standard InChI is InChI=1S/C11H18N4S2/c1-2-3-4-5-6-16-11-14-9-7-15(12)8-13-10(9)17-11/h7-8,10H,2-6,12H2,1H3. The van der Waals surface area contributed by atoms with Crippen molar-refractivity contribution in [3.63, 3.8) is 0 Å². The van der Waals surface area contributed by atoms with E-state index in [1.54, 1.807) is 18.1 Å². The molecule has 0 saturated heterocycles. The topological polar surface area (TPSA) is 54.0 Å². The molecule has 0 bridgehead atoms. The van der Waals surface area contributed by atoms with Crippen LogP contribution in [0.15, 0.2) is 21.9 Å². The molecule has 6 heteroatoms. The largest absolute Gasteiger partial charge is 0.274 e. The predicted molar refractivity (Wildman–Crippen MR) is 78.0 cm³/mol. The minimum absolute atomic E-state index is 0.132. The summed E-state index contributed by atoms with van der Waals surface area (Å²) in [5, 5.41) is 1.60. The number of fused-ring (bicyclic) bond motifs is 1. The summed E-state index contributed by atoms with van der Waals surface area (Å²) in [6.45, 7) is 2.23. The van der Waals surface area contributed by atoms with E-state index in [-0.39, 0.29) is 5.37 Å². The average molecular weight is 270 g/mol. The minimum atomic E-state index is 0.132. The smallest absolute Gasteiger partial charge is 0.147 e. The number of hydrogen-bond acceptors (Lipinski definition) is 6. The zero-order valence-electron chi connectivity index (χ0n) is 10.0. The summed E-state index contributed by atoms with van der Waals surface area (Å²) in [4.78, 5) is 8.87. The van der Waals surface area contributed by atoms with Gasteiger partial charge in [-0.2, -0.15) is 0 Å². The van der Waals surface area contributed by atoms with Crippen LogP contribution in [0.5, 0.6) is 0 Å². The van der Waals surface area contributed by atoms with E-state index in [1.165, 1.54) is 30.7 Å². The molecule has 0 saturated carbocycles. The first-order chi connectivity index (χ1) is 8.29. The quantitative estimate of drug-likeness (QED) is 0.616. The Bertz CT molecular complexity index is 351. The van der Waals surface area contributed by atoms with Gasteiger partial charge in [0.1, 0.15) is 16.1 Å². The van der Waals surface area contributed by atoms with Gasteiger partial charge in [0.2, 0.25) is 0 Å². The summed E-state index contributed by atoms with van der Waals surface area (Å²) >= 11 is 3.57. The molecule has 0 amide bonds. The summed E-state index contributed by atoms with van der Waals surface area (Å²) in [6.07, 6.45) is 8.70. The van der Waals surface area contributed by atoms with E-state index in [2.05, 4.69) is 16.9 Å². The molecule has 2 aliphatic heterocycles. The molecule has 0 aromatic carbocycles. The Labute approximate surface area is 111 Å². The SMILES string of the molecule is CCCCCCSC1=NC2=CN(N)C=NC2S1. The number of hydrogen-bond donors (Lipinski definition) is 1. The lowest BCUT2D eigenvalue weighted by Crippen LogP contribution is -2.27. The normalized spacial score (nSPS) is 22.5. The van der Waals surface area contributed by atoms with Gasteiger partial charge in [-0.15, -0.1) is 0 Å². The zero-order chi connectivity index (χ0) is 12.1.